The van der Waals surface area contributed by atoms with Crippen LogP contribution in [0.3, 0.4) is 0 Å². The maximum atomic E-state index is 10.9. The van der Waals surface area contributed by atoms with E-state index in [4.69, 9.17) is 0 Å². The quantitative estimate of drug-likeness (QED) is 0.881. The van der Waals surface area contributed by atoms with Crippen LogP contribution in [-0.4, -0.2) is 16.1 Å². The zero-order valence-corrected chi connectivity index (χ0v) is 11.0. The van der Waals surface area contributed by atoms with E-state index < -0.39 is 0 Å². The summed E-state index contributed by atoms with van der Waals surface area (Å²) in [4.78, 5) is 10.9. The average molecular weight is 256 g/mol. The van der Waals surface area contributed by atoms with Crippen LogP contribution in [-0.2, 0) is 11.3 Å². The van der Waals surface area contributed by atoms with Crippen LogP contribution in [0.2, 0.25) is 0 Å². The third kappa shape index (κ3) is 3.77. The fraction of sp³-hybridized carbons (Fsp3) is 0.214. The first-order valence-corrected chi connectivity index (χ1v) is 6.05. The van der Waals surface area contributed by atoms with Crippen LogP contribution in [0.1, 0.15) is 18.1 Å². The van der Waals surface area contributed by atoms with E-state index in [0.717, 1.165) is 0 Å². The minimum absolute atomic E-state index is 0.157. The molecule has 0 bridgehead atoms. The summed E-state index contributed by atoms with van der Waals surface area (Å²) in [6.45, 7) is 4.20. The minimum Gasteiger partial charge on any atom is -0.364 e. The number of amides is 1. The van der Waals surface area contributed by atoms with Gasteiger partial charge in [0.2, 0.25) is 5.91 Å². The van der Waals surface area contributed by atoms with Gasteiger partial charge in [0, 0.05) is 13.5 Å². The van der Waals surface area contributed by atoms with Crippen molar-refractivity contribution in [3.63, 3.8) is 0 Å². The Morgan fingerprint density at radius 3 is 2.42 bits per heavy atom. The molecule has 0 unspecified atom stereocenters. The minimum atomic E-state index is -0.157. The van der Waals surface area contributed by atoms with Crippen LogP contribution in [0.4, 0.5) is 11.6 Å². The Hall–Kier alpha value is -2.43. The standard InChI is InChI=1S/C14H16N4O/c1-10-5-3-4-6-12(10)9-15-13-7-8-14(18-17-13)16-11(2)19/h3-8H,9H2,1-2H3,(H,15,17)(H,16,18,19). The molecule has 1 heterocycles. The molecular weight excluding hydrogens is 240 g/mol. The van der Waals surface area contributed by atoms with E-state index in [-0.39, 0.29) is 5.91 Å². The molecule has 0 aliphatic rings. The molecule has 98 valence electrons. The Morgan fingerprint density at radius 2 is 1.79 bits per heavy atom. The van der Waals surface area contributed by atoms with E-state index >= 15 is 0 Å². The number of anilines is 2. The van der Waals surface area contributed by atoms with Crippen LogP contribution >= 0.6 is 0 Å². The van der Waals surface area contributed by atoms with Crippen molar-refractivity contribution >= 4 is 17.5 Å². The Balaban J connectivity index is 1.97. The van der Waals surface area contributed by atoms with Crippen molar-refractivity contribution in [1.29, 1.82) is 0 Å². The highest BCUT2D eigenvalue weighted by molar-refractivity contribution is 5.87. The van der Waals surface area contributed by atoms with Crippen LogP contribution in [0.15, 0.2) is 36.4 Å². The monoisotopic (exact) mass is 256 g/mol. The summed E-state index contributed by atoms with van der Waals surface area (Å²) in [5, 5.41) is 13.7. The molecule has 2 N–H and O–H groups in total. The number of aryl methyl sites for hydroxylation is 1. The van der Waals surface area contributed by atoms with Crippen molar-refractivity contribution in [2.75, 3.05) is 10.6 Å². The fourth-order valence-electron chi connectivity index (χ4n) is 1.67. The van der Waals surface area contributed by atoms with Crippen molar-refractivity contribution in [1.82, 2.24) is 10.2 Å². The summed E-state index contributed by atoms with van der Waals surface area (Å²) in [5.74, 6) is 0.973. The molecule has 1 aromatic heterocycles. The number of benzene rings is 1. The molecule has 0 saturated carbocycles. The second kappa shape index (κ2) is 5.95. The summed E-state index contributed by atoms with van der Waals surface area (Å²) < 4.78 is 0. The number of hydrogen-bond donors (Lipinski definition) is 2. The van der Waals surface area contributed by atoms with Gasteiger partial charge in [-0.05, 0) is 30.2 Å². The van der Waals surface area contributed by atoms with Gasteiger partial charge in [-0.15, -0.1) is 10.2 Å². The molecule has 0 aliphatic heterocycles. The number of nitrogens with one attached hydrogen (secondary N) is 2. The predicted molar refractivity (Wildman–Crippen MR) is 74.8 cm³/mol. The molecule has 5 heteroatoms. The van der Waals surface area contributed by atoms with Gasteiger partial charge in [0.25, 0.3) is 0 Å². The summed E-state index contributed by atoms with van der Waals surface area (Å²) in [6, 6.07) is 11.7. The highest BCUT2D eigenvalue weighted by Crippen LogP contribution is 2.11. The predicted octanol–water partition coefficient (Wildman–Crippen LogP) is 2.36. The highest BCUT2D eigenvalue weighted by atomic mass is 16.1. The van der Waals surface area contributed by atoms with Crippen LogP contribution in [0.25, 0.3) is 0 Å². The molecular formula is C14H16N4O. The lowest BCUT2D eigenvalue weighted by Crippen LogP contribution is -2.09. The Morgan fingerprint density at radius 1 is 1.11 bits per heavy atom. The average Bonchev–Trinajstić information content (AvgIpc) is 2.39. The Labute approximate surface area is 112 Å². The van der Waals surface area contributed by atoms with Crippen molar-refractivity contribution in [3.05, 3.63) is 47.5 Å². The molecule has 0 radical (unpaired) electrons. The molecule has 0 spiro atoms. The van der Waals surface area contributed by atoms with E-state index in [1.54, 1.807) is 12.1 Å². The van der Waals surface area contributed by atoms with Gasteiger partial charge in [0.15, 0.2) is 5.82 Å². The van der Waals surface area contributed by atoms with Gasteiger partial charge in [-0.25, -0.2) is 0 Å². The normalized spacial score (nSPS) is 10.0. The first kappa shape index (κ1) is 13.0. The lowest BCUT2D eigenvalue weighted by molar-refractivity contribution is -0.114. The van der Waals surface area contributed by atoms with E-state index in [1.807, 2.05) is 12.1 Å². The van der Waals surface area contributed by atoms with Gasteiger partial charge in [-0.3, -0.25) is 4.79 Å². The van der Waals surface area contributed by atoms with E-state index in [9.17, 15) is 4.79 Å². The van der Waals surface area contributed by atoms with Gasteiger partial charge in [0.05, 0.1) is 0 Å². The molecule has 5 nitrogen and oxygen atoms in total. The third-order valence-corrected chi connectivity index (χ3v) is 2.69. The van der Waals surface area contributed by atoms with Crippen molar-refractivity contribution < 1.29 is 4.79 Å². The van der Waals surface area contributed by atoms with Crippen molar-refractivity contribution in [2.24, 2.45) is 0 Å². The van der Waals surface area contributed by atoms with Gasteiger partial charge >= 0.3 is 0 Å². The van der Waals surface area contributed by atoms with Crippen LogP contribution in [0, 0.1) is 6.92 Å². The number of carbonyl (C=O) groups is 1. The molecule has 2 rings (SSSR count). The second-order valence-electron chi connectivity index (χ2n) is 4.27. The molecule has 19 heavy (non-hydrogen) atoms. The smallest absolute Gasteiger partial charge is 0.222 e. The first-order chi connectivity index (χ1) is 9.15. The zero-order chi connectivity index (χ0) is 13.7. The first-order valence-electron chi connectivity index (χ1n) is 6.05. The summed E-state index contributed by atoms with van der Waals surface area (Å²) in [5.41, 5.74) is 2.45. The van der Waals surface area contributed by atoms with Gasteiger partial charge < -0.3 is 10.6 Å². The fourth-order valence-corrected chi connectivity index (χ4v) is 1.67. The molecule has 1 aromatic carbocycles. The SMILES string of the molecule is CC(=O)Nc1ccc(NCc2ccccc2C)nn1. The Kier molecular flexibility index (Phi) is 4.07. The van der Waals surface area contributed by atoms with E-state index in [0.29, 0.717) is 18.2 Å². The molecule has 0 atom stereocenters. The topological polar surface area (TPSA) is 66.9 Å². The second-order valence-corrected chi connectivity index (χ2v) is 4.27. The lowest BCUT2D eigenvalue weighted by Gasteiger charge is -2.08. The lowest BCUT2D eigenvalue weighted by atomic mass is 10.1. The van der Waals surface area contributed by atoms with Crippen molar-refractivity contribution in [3.8, 4) is 0 Å². The van der Waals surface area contributed by atoms with Gasteiger partial charge in [0.1, 0.15) is 5.82 Å². The summed E-state index contributed by atoms with van der Waals surface area (Å²) >= 11 is 0. The molecule has 2 aromatic rings. The zero-order valence-electron chi connectivity index (χ0n) is 11.0. The van der Waals surface area contributed by atoms with E-state index in [2.05, 4.69) is 39.9 Å². The number of rotatable bonds is 4. The number of carbonyl (C=O) groups excluding carboxylic acids is 1. The number of aromatic nitrogens is 2. The summed E-state index contributed by atoms with van der Waals surface area (Å²) in [7, 11) is 0. The third-order valence-electron chi connectivity index (χ3n) is 2.69. The maximum Gasteiger partial charge on any atom is 0.222 e. The summed E-state index contributed by atoms with van der Waals surface area (Å²) in [6.07, 6.45) is 0. The largest absolute Gasteiger partial charge is 0.364 e. The molecule has 0 saturated heterocycles. The van der Waals surface area contributed by atoms with Gasteiger partial charge in [-0.2, -0.15) is 0 Å². The van der Waals surface area contributed by atoms with Gasteiger partial charge in [-0.1, -0.05) is 24.3 Å². The maximum absolute atomic E-state index is 10.9. The van der Waals surface area contributed by atoms with Crippen LogP contribution in [0.5, 0.6) is 0 Å². The number of hydrogen-bond acceptors (Lipinski definition) is 4. The number of nitrogens with zero attached hydrogens (tertiary/aromatic N) is 2. The molecule has 0 fully saturated rings. The molecule has 0 aliphatic carbocycles. The highest BCUT2D eigenvalue weighted by Gasteiger charge is 2.00. The molecule has 1 amide bonds. The van der Waals surface area contributed by atoms with E-state index in [1.165, 1.54) is 18.1 Å². The van der Waals surface area contributed by atoms with Crippen LogP contribution < -0.4 is 10.6 Å². The Bertz CT molecular complexity index is 566. The van der Waals surface area contributed by atoms with Crippen molar-refractivity contribution in [2.45, 2.75) is 20.4 Å².